The van der Waals surface area contributed by atoms with Gasteiger partial charge >= 0.3 is 0 Å². The molecule has 7 heteroatoms. The van der Waals surface area contributed by atoms with E-state index in [-0.39, 0.29) is 11.5 Å². The standard InChI is InChI=1S/C14H11FN4O2/c1-8-2-3-9(6-11(8)19(20)21)13-14(16)18-7-10(15)4-5-12(18)17-13/h2-7H,16H2,1H3. The van der Waals surface area contributed by atoms with Gasteiger partial charge in [0.25, 0.3) is 5.69 Å². The summed E-state index contributed by atoms with van der Waals surface area (Å²) >= 11 is 0. The van der Waals surface area contributed by atoms with Crippen molar-refractivity contribution in [3.05, 3.63) is 58.0 Å². The van der Waals surface area contributed by atoms with Gasteiger partial charge in [-0.25, -0.2) is 9.37 Å². The Kier molecular flexibility index (Phi) is 2.83. The van der Waals surface area contributed by atoms with E-state index in [1.807, 2.05) is 0 Å². The summed E-state index contributed by atoms with van der Waals surface area (Å²) in [5.41, 5.74) is 7.91. The number of nitro groups is 1. The average Bonchev–Trinajstić information content (AvgIpc) is 2.76. The highest BCUT2D eigenvalue weighted by atomic mass is 19.1. The van der Waals surface area contributed by atoms with Crippen LogP contribution in [-0.2, 0) is 0 Å². The van der Waals surface area contributed by atoms with Crippen molar-refractivity contribution in [2.45, 2.75) is 6.92 Å². The van der Waals surface area contributed by atoms with Crippen LogP contribution >= 0.6 is 0 Å². The molecule has 0 aliphatic heterocycles. The van der Waals surface area contributed by atoms with Crippen molar-refractivity contribution in [1.82, 2.24) is 9.38 Å². The Morgan fingerprint density at radius 1 is 1.33 bits per heavy atom. The molecule has 0 spiro atoms. The predicted octanol–water partition coefficient (Wildman–Crippen LogP) is 2.94. The van der Waals surface area contributed by atoms with Crippen molar-refractivity contribution < 1.29 is 9.31 Å². The Balaban J connectivity index is 2.23. The number of pyridine rings is 1. The molecule has 0 aliphatic carbocycles. The molecule has 1 aromatic carbocycles. The largest absolute Gasteiger partial charge is 0.383 e. The smallest absolute Gasteiger partial charge is 0.272 e. The lowest BCUT2D eigenvalue weighted by molar-refractivity contribution is -0.385. The van der Waals surface area contributed by atoms with Crippen molar-refractivity contribution in [1.29, 1.82) is 0 Å². The summed E-state index contributed by atoms with van der Waals surface area (Å²) in [6.45, 7) is 1.66. The molecule has 106 valence electrons. The van der Waals surface area contributed by atoms with Crippen LogP contribution in [0.25, 0.3) is 16.9 Å². The summed E-state index contributed by atoms with van der Waals surface area (Å²) in [6, 6.07) is 7.54. The number of imidazole rings is 1. The highest BCUT2D eigenvalue weighted by molar-refractivity contribution is 5.76. The maximum atomic E-state index is 13.3. The lowest BCUT2D eigenvalue weighted by atomic mass is 10.1. The first-order chi connectivity index (χ1) is 9.97. The number of benzene rings is 1. The summed E-state index contributed by atoms with van der Waals surface area (Å²) in [6.07, 6.45) is 1.23. The van der Waals surface area contributed by atoms with Crippen molar-refractivity contribution in [3.63, 3.8) is 0 Å². The Bertz CT molecular complexity index is 873. The number of nitrogens with zero attached hydrogens (tertiary/aromatic N) is 3. The second-order valence-corrected chi connectivity index (χ2v) is 4.68. The average molecular weight is 286 g/mol. The summed E-state index contributed by atoms with van der Waals surface area (Å²) in [5, 5.41) is 11.0. The van der Waals surface area contributed by atoms with Crippen LogP contribution in [-0.4, -0.2) is 14.3 Å². The first-order valence-corrected chi connectivity index (χ1v) is 6.16. The topological polar surface area (TPSA) is 86.5 Å². The minimum Gasteiger partial charge on any atom is -0.383 e. The molecule has 2 N–H and O–H groups in total. The minimum atomic E-state index is -0.454. The van der Waals surface area contributed by atoms with Crippen molar-refractivity contribution in [2.75, 3.05) is 5.73 Å². The van der Waals surface area contributed by atoms with E-state index in [0.29, 0.717) is 22.5 Å². The fraction of sp³-hybridized carbons (Fsp3) is 0.0714. The molecular weight excluding hydrogens is 275 g/mol. The molecule has 6 nitrogen and oxygen atoms in total. The van der Waals surface area contributed by atoms with Gasteiger partial charge in [-0.3, -0.25) is 14.5 Å². The summed E-state index contributed by atoms with van der Waals surface area (Å²) in [4.78, 5) is 14.9. The maximum Gasteiger partial charge on any atom is 0.272 e. The Morgan fingerprint density at radius 3 is 2.81 bits per heavy atom. The molecule has 0 saturated heterocycles. The molecule has 0 amide bonds. The van der Waals surface area contributed by atoms with E-state index in [9.17, 15) is 14.5 Å². The zero-order valence-electron chi connectivity index (χ0n) is 11.1. The maximum absolute atomic E-state index is 13.3. The van der Waals surface area contributed by atoms with Crippen LogP contribution in [0.4, 0.5) is 15.9 Å². The van der Waals surface area contributed by atoms with Gasteiger partial charge in [-0.2, -0.15) is 0 Å². The van der Waals surface area contributed by atoms with Gasteiger partial charge < -0.3 is 5.73 Å². The Morgan fingerprint density at radius 2 is 2.10 bits per heavy atom. The Hall–Kier alpha value is -2.96. The van der Waals surface area contributed by atoms with Gasteiger partial charge in [0, 0.05) is 23.4 Å². The van der Waals surface area contributed by atoms with Crippen LogP contribution < -0.4 is 5.73 Å². The molecule has 0 saturated carbocycles. The molecule has 3 aromatic rings. The first-order valence-electron chi connectivity index (χ1n) is 6.16. The summed E-state index contributed by atoms with van der Waals surface area (Å²) in [5.74, 6) is -0.198. The molecular formula is C14H11FN4O2. The monoisotopic (exact) mass is 286 g/mol. The van der Waals surface area contributed by atoms with Gasteiger partial charge in [-0.1, -0.05) is 12.1 Å². The van der Waals surface area contributed by atoms with E-state index in [1.54, 1.807) is 19.1 Å². The number of fused-ring (bicyclic) bond motifs is 1. The van der Waals surface area contributed by atoms with Crippen LogP contribution in [0, 0.1) is 22.9 Å². The highest BCUT2D eigenvalue weighted by Crippen LogP contribution is 2.30. The number of hydrogen-bond donors (Lipinski definition) is 1. The van der Waals surface area contributed by atoms with E-state index >= 15 is 0 Å². The summed E-state index contributed by atoms with van der Waals surface area (Å²) in [7, 11) is 0. The van der Waals surface area contributed by atoms with Gasteiger partial charge in [0.2, 0.25) is 0 Å². The van der Waals surface area contributed by atoms with Crippen LogP contribution in [0.1, 0.15) is 5.56 Å². The van der Waals surface area contributed by atoms with E-state index < -0.39 is 10.7 Å². The first kappa shape index (κ1) is 13.0. The van der Waals surface area contributed by atoms with E-state index in [0.717, 1.165) is 0 Å². The van der Waals surface area contributed by atoms with Gasteiger partial charge in [0.15, 0.2) is 0 Å². The fourth-order valence-electron chi connectivity index (χ4n) is 2.20. The van der Waals surface area contributed by atoms with Crippen LogP contribution in [0.5, 0.6) is 0 Å². The fourth-order valence-corrected chi connectivity index (χ4v) is 2.20. The molecule has 2 heterocycles. The Labute approximate surface area is 118 Å². The number of aromatic nitrogens is 2. The molecule has 0 radical (unpaired) electrons. The SMILES string of the molecule is Cc1ccc(-c2nc3ccc(F)cn3c2N)cc1[N+](=O)[O-]. The second-order valence-electron chi connectivity index (χ2n) is 4.68. The number of hydrogen-bond acceptors (Lipinski definition) is 4. The number of nitrogens with two attached hydrogens (primary N) is 1. The van der Waals surface area contributed by atoms with Crippen LogP contribution in [0.3, 0.4) is 0 Å². The molecule has 21 heavy (non-hydrogen) atoms. The molecule has 0 unspecified atom stereocenters. The number of nitrogen functional groups attached to an aromatic ring is 1. The quantitative estimate of drug-likeness (QED) is 0.579. The van der Waals surface area contributed by atoms with E-state index in [2.05, 4.69) is 4.98 Å². The predicted molar refractivity (Wildman–Crippen MR) is 76.4 cm³/mol. The number of nitro benzene ring substituents is 1. The van der Waals surface area contributed by atoms with Crippen LogP contribution in [0.2, 0.25) is 0 Å². The number of rotatable bonds is 2. The lowest BCUT2D eigenvalue weighted by Crippen LogP contribution is -1.96. The molecule has 2 aromatic heterocycles. The highest BCUT2D eigenvalue weighted by Gasteiger charge is 2.16. The lowest BCUT2D eigenvalue weighted by Gasteiger charge is -2.02. The third kappa shape index (κ3) is 2.08. The normalized spacial score (nSPS) is 11.0. The molecule has 3 rings (SSSR count). The van der Waals surface area contributed by atoms with Gasteiger partial charge in [0.1, 0.15) is 23.0 Å². The van der Waals surface area contributed by atoms with Gasteiger partial charge in [-0.05, 0) is 19.1 Å². The molecule has 0 atom stereocenters. The number of halogens is 1. The zero-order chi connectivity index (χ0) is 15.1. The number of anilines is 1. The van der Waals surface area contributed by atoms with Gasteiger partial charge in [0.05, 0.1) is 4.92 Å². The van der Waals surface area contributed by atoms with Crippen molar-refractivity contribution in [3.8, 4) is 11.3 Å². The molecule has 0 aliphatic rings. The third-order valence-electron chi connectivity index (χ3n) is 3.30. The van der Waals surface area contributed by atoms with E-state index in [1.165, 1.54) is 28.8 Å². The zero-order valence-corrected chi connectivity index (χ0v) is 11.1. The minimum absolute atomic E-state index is 0.00450. The second kappa shape index (κ2) is 4.55. The third-order valence-corrected chi connectivity index (χ3v) is 3.30. The van der Waals surface area contributed by atoms with Crippen LogP contribution in [0.15, 0.2) is 36.5 Å². The molecule has 0 fully saturated rings. The number of aryl methyl sites for hydroxylation is 1. The van der Waals surface area contributed by atoms with E-state index in [4.69, 9.17) is 5.73 Å². The van der Waals surface area contributed by atoms with Crippen molar-refractivity contribution in [2.24, 2.45) is 0 Å². The summed E-state index contributed by atoms with van der Waals surface area (Å²) < 4.78 is 14.7. The van der Waals surface area contributed by atoms with Gasteiger partial charge in [-0.15, -0.1) is 0 Å². The molecule has 0 bridgehead atoms. The van der Waals surface area contributed by atoms with Crippen molar-refractivity contribution >= 4 is 17.2 Å².